The van der Waals surface area contributed by atoms with Crippen LogP contribution in [-0.2, 0) is 18.7 Å². The molecule has 3 aliphatic rings. The van der Waals surface area contributed by atoms with E-state index in [-0.39, 0.29) is 10.8 Å². The lowest BCUT2D eigenvalue weighted by atomic mass is 9.80. The monoisotopic (exact) mass is 888 g/mol. The van der Waals surface area contributed by atoms with Crippen LogP contribution in [0, 0.1) is 0 Å². The van der Waals surface area contributed by atoms with E-state index in [2.05, 4.69) is 139 Å². The first-order chi connectivity index (χ1) is 30.5. The van der Waals surface area contributed by atoms with Crippen molar-refractivity contribution >= 4 is 65.5 Å². The maximum absolute atomic E-state index is 15.8. The van der Waals surface area contributed by atoms with Gasteiger partial charge in [0.05, 0.1) is 30.7 Å². The van der Waals surface area contributed by atoms with Gasteiger partial charge in [-0.3, -0.25) is 9.59 Å². The molecule has 0 amide bonds. The number of carbonyl (C=O) groups excluding carboxylic acids is 2. The molecule has 64 heavy (non-hydrogen) atoms. The topological polar surface area (TPSA) is 92.8 Å². The Balaban J connectivity index is 1.33. The summed E-state index contributed by atoms with van der Waals surface area (Å²) in [6.07, 6.45) is -2.35. The highest BCUT2D eigenvalue weighted by molar-refractivity contribution is 7.00. The zero-order chi connectivity index (χ0) is 45.4. The first kappa shape index (κ1) is 43.5. The predicted molar refractivity (Wildman–Crippen MR) is 258 cm³/mol. The number of carbonyl (C=O) groups is 2. The average molecular weight is 889 g/mol. The van der Waals surface area contributed by atoms with Crippen LogP contribution >= 0.6 is 0 Å². The molecule has 0 spiro atoms. The van der Waals surface area contributed by atoms with E-state index >= 15 is 4.79 Å². The molecule has 6 aromatic carbocycles. The van der Waals surface area contributed by atoms with Gasteiger partial charge in [-0.15, -0.1) is 0 Å². The summed E-state index contributed by atoms with van der Waals surface area (Å²) in [4.78, 5) is 28.8. The Morgan fingerprint density at radius 3 is 1.52 bits per heavy atom. The van der Waals surface area contributed by atoms with E-state index < -0.39 is 51.6 Å². The van der Waals surface area contributed by atoms with Crippen molar-refractivity contribution in [2.24, 2.45) is 0 Å². The van der Waals surface area contributed by atoms with E-state index in [1.165, 1.54) is 6.92 Å². The molecule has 1 fully saturated rings. The third-order valence-corrected chi connectivity index (χ3v) is 23.5. The molecule has 0 unspecified atom stereocenters. The Labute approximate surface area is 378 Å². The normalized spacial score (nSPS) is 20.6. The van der Waals surface area contributed by atoms with E-state index in [1.54, 1.807) is 14.2 Å². The quantitative estimate of drug-likeness (QED) is 0.0725. The smallest absolute Gasteiger partial charge is 0.319 e. The standard InChI is InChI=1S/C54H56O8Si2/c1-34(55)59-50-45-43(49(51-54(50,8)60-51)62-64(53(5,6)7,37-28-19-13-20-29-37)38-30-21-14-22-31-38)42-44(46(45)56)48(58-10)41-39(47(42)57-9)32-23-33-40(41)61-63(52(2,3)4,35-24-15-11-16-25-35)36-26-17-12-18-27-36/h11-33,49-51H,1-10H3/t49-,50+,51-,54+/m0/s1. The van der Waals surface area contributed by atoms with Gasteiger partial charge < -0.3 is 27.8 Å². The number of Topliss-reactive ketones (excluding diaryl/α,β-unsaturated/α-hetero) is 1. The lowest BCUT2D eigenvalue weighted by Crippen LogP contribution is -2.68. The summed E-state index contributed by atoms with van der Waals surface area (Å²) in [5, 5.41) is 4.92. The zero-order valence-electron chi connectivity index (χ0n) is 38.3. The van der Waals surface area contributed by atoms with Gasteiger partial charge in [0.15, 0.2) is 11.9 Å². The molecular weight excluding hydrogens is 833 g/mol. The lowest BCUT2D eigenvalue weighted by molar-refractivity contribution is -0.147. The van der Waals surface area contributed by atoms with Crippen LogP contribution in [0.3, 0.4) is 0 Å². The van der Waals surface area contributed by atoms with Gasteiger partial charge in [-0.05, 0) is 43.8 Å². The Morgan fingerprint density at radius 2 is 1.08 bits per heavy atom. The molecule has 4 atom stereocenters. The molecule has 10 heteroatoms. The molecule has 1 heterocycles. The highest BCUT2D eigenvalue weighted by Crippen LogP contribution is 2.62. The van der Waals surface area contributed by atoms with Crippen LogP contribution in [0.1, 0.15) is 71.3 Å². The number of hydrogen-bond donors (Lipinski definition) is 0. The van der Waals surface area contributed by atoms with Crippen LogP contribution in [0.5, 0.6) is 17.2 Å². The Morgan fingerprint density at radius 1 is 0.609 bits per heavy atom. The largest absolute Gasteiger partial charge is 0.533 e. The maximum Gasteiger partial charge on any atom is 0.319 e. The van der Waals surface area contributed by atoms with Gasteiger partial charge in [0.25, 0.3) is 8.32 Å². The SMILES string of the molecule is COc1c2c(c(OC)c3c(O[Si](c4ccccc4)(c4ccccc4)C(C)(C)C)cccc13)C(=O)C1=C2[C@H](O[Si](c2ccccc2)(c2ccccc2)C(C)(C)C)[C@@H]2O[C@]2(C)[C@@H]1OC(C)=O. The molecule has 9 rings (SSSR count). The van der Waals surface area contributed by atoms with Crippen LogP contribution in [0.2, 0.25) is 10.1 Å². The summed E-state index contributed by atoms with van der Waals surface area (Å²) in [5.41, 5.74) is 0.719. The summed E-state index contributed by atoms with van der Waals surface area (Å²) in [6.45, 7) is 16.7. The fourth-order valence-electron chi connectivity index (χ4n) is 10.8. The number of methoxy groups -OCH3 is 2. The number of esters is 1. The van der Waals surface area contributed by atoms with Gasteiger partial charge in [-0.1, -0.05) is 175 Å². The molecule has 0 radical (unpaired) electrons. The van der Waals surface area contributed by atoms with Gasteiger partial charge in [-0.25, -0.2) is 0 Å². The molecule has 8 nitrogen and oxygen atoms in total. The van der Waals surface area contributed by atoms with Crippen LogP contribution in [-0.4, -0.2) is 66.5 Å². The maximum atomic E-state index is 15.8. The third-order valence-electron chi connectivity index (χ3n) is 13.6. The molecule has 6 aromatic rings. The summed E-state index contributed by atoms with van der Waals surface area (Å²) in [7, 11) is -3.25. The van der Waals surface area contributed by atoms with Crippen LogP contribution in [0.25, 0.3) is 16.3 Å². The highest BCUT2D eigenvalue weighted by atomic mass is 28.4. The van der Waals surface area contributed by atoms with E-state index in [9.17, 15) is 4.79 Å². The predicted octanol–water partition coefficient (Wildman–Crippen LogP) is 8.79. The summed E-state index contributed by atoms with van der Waals surface area (Å²) < 4.78 is 41.5. The first-order valence-electron chi connectivity index (χ1n) is 22.0. The molecular formula is C54H56O8Si2. The first-order valence-corrected chi connectivity index (χ1v) is 25.8. The van der Waals surface area contributed by atoms with Crippen LogP contribution in [0.15, 0.2) is 145 Å². The van der Waals surface area contributed by atoms with E-state index in [0.717, 1.165) is 20.7 Å². The summed E-state index contributed by atoms with van der Waals surface area (Å²) in [6, 6.07) is 47.6. The number of ether oxygens (including phenoxy) is 4. The third kappa shape index (κ3) is 6.43. The fraction of sp³-hybridized carbons (Fsp3) is 0.296. The molecule has 0 aromatic heterocycles. The number of benzene rings is 6. The number of ketones is 1. The molecule has 0 N–H and O–H groups in total. The second-order valence-corrected chi connectivity index (χ2v) is 27.8. The van der Waals surface area contributed by atoms with Crippen molar-refractivity contribution in [1.29, 1.82) is 0 Å². The van der Waals surface area contributed by atoms with Crippen LogP contribution < -0.4 is 34.6 Å². The minimum Gasteiger partial charge on any atom is -0.533 e. The minimum absolute atomic E-state index is 0.311. The van der Waals surface area contributed by atoms with E-state index in [4.69, 9.17) is 27.8 Å². The van der Waals surface area contributed by atoms with Gasteiger partial charge >= 0.3 is 14.3 Å². The Bertz CT molecular complexity index is 2720. The molecule has 1 aliphatic heterocycles. The number of rotatable bonds is 11. The van der Waals surface area contributed by atoms with Gasteiger partial charge in [0.1, 0.15) is 35.1 Å². The van der Waals surface area contributed by atoms with Gasteiger partial charge in [-0.2, -0.15) is 0 Å². The highest BCUT2D eigenvalue weighted by Gasteiger charge is 2.72. The second-order valence-electron chi connectivity index (χ2n) is 19.3. The summed E-state index contributed by atoms with van der Waals surface area (Å²) in [5.74, 6) is 0.535. The van der Waals surface area contributed by atoms with Crippen molar-refractivity contribution < 1.29 is 37.4 Å². The molecule has 328 valence electrons. The number of hydrogen-bond acceptors (Lipinski definition) is 8. The Hall–Kier alpha value is -5.79. The molecule has 1 saturated heterocycles. The van der Waals surface area contributed by atoms with E-state index in [0.29, 0.717) is 50.3 Å². The molecule has 0 saturated carbocycles. The summed E-state index contributed by atoms with van der Waals surface area (Å²) >= 11 is 0. The second kappa shape index (κ2) is 15.7. The average Bonchev–Trinajstić information content (AvgIpc) is 3.90. The van der Waals surface area contributed by atoms with Crippen molar-refractivity contribution in [2.45, 2.75) is 89.4 Å². The van der Waals surface area contributed by atoms with Crippen LogP contribution in [0.4, 0.5) is 0 Å². The van der Waals surface area contributed by atoms with Crippen molar-refractivity contribution in [3.63, 3.8) is 0 Å². The van der Waals surface area contributed by atoms with Gasteiger partial charge in [0, 0.05) is 23.4 Å². The van der Waals surface area contributed by atoms with Crippen molar-refractivity contribution in [1.82, 2.24) is 0 Å². The molecule has 0 bridgehead atoms. The lowest BCUT2D eigenvalue weighted by Gasteiger charge is -2.46. The Kier molecular flexibility index (Phi) is 10.7. The van der Waals surface area contributed by atoms with Crippen molar-refractivity contribution in [3.05, 3.63) is 156 Å². The number of fused-ring (bicyclic) bond motifs is 4. The van der Waals surface area contributed by atoms with E-state index in [1.807, 2.05) is 49.4 Å². The fourth-order valence-corrected chi connectivity index (χ4v) is 19.8. The van der Waals surface area contributed by atoms with Gasteiger partial charge in [0.2, 0.25) is 0 Å². The van der Waals surface area contributed by atoms with Crippen molar-refractivity contribution in [3.8, 4) is 17.2 Å². The van der Waals surface area contributed by atoms with Crippen molar-refractivity contribution in [2.75, 3.05) is 14.2 Å². The zero-order valence-corrected chi connectivity index (χ0v) is 40.3. The number of epoxide rings is 1. The minimum atomic E-state index is -3.28. The molecule has 2 aliphatic carbocycles.